The molecular weight excluding hydrogens is 464 g/mol. The van der Waals surface area contributed by atoms with Gasteiger partial charge in [-0.05, 0) is 86.0 Å². The zero-order valence-electron chi connectivity index (χ0n) is 21.9. The van der Waals surface area contributed by atoms with Gasteiger partial charge in [0.2, 0.25) is 0 Å². The smallest absolute Gasteiger partial charge is 0.258 e. The number of unbranched alkanes of at least 4 members (excludes halogenated alkanes) is 2. The lowest BCUT2D eigenvalue weighted by Crippen LogP contribution is -2.25. The van der Waals surface area contributed by atoms with Gasteiger partial charge >= 0.3 is 0 Å². The summed E-state index contributed by atoms with van der Waals surface area (Å²) >= 11 is 0. The number of nitrogens with zero attached hydrogens (tertiary/aromatic N) is 2. The molecule has 0 bridgehead atoms. The third-order valence-electron chi connectivity index (χ3n) is 8.66. The minimum atomic E-state index is -0.642. The van der Waals surface area contributed by atoms with Crippen molar-refractivity contribution in [3.05, 3.63) is 79.4 Å². The number of benzene rings is 2. The monoisotopic (exact) mass is 502 g/mol. The zero-order valence-corrected chi connectivity index (χ0v) is 21.9. The molecule has 0 heterocycles. The van der Waals surface area contributed by atoms with Gasteiger partial charge in [-0.1, -0.05) is 69.4 Å². The largest absolute Gasteiger partial charge is 0.291 e. The fraction of sp³-hybridized carbons (Fsp3) is 0.548. The summed E-state index contributed by atoms with van der Waals surface area (Å²) in [6.45, 7) is 2.29. The summed E-state index contributed by atoms with van der Waals surface area (Å²) in [5.41, 5.74) is 1.64. The van der Waals surface area contributed by atoms with Gasteiger partial charge in [0, 0.05) is 11.6 Å². The second-order valence-corrected chi connectivity index (χ2v) is 11.0. The van der Waals surface area contributed by atoms with Crippen LogP contribution in [0.3, 0.4) is 0 Å². The Hall–Kier alpha value is -3.20. The standard InChI is InChI=1S/C31H38N2O4/c1-2-3-4-5-23-6-11-25(12-7-23)27-16-18-28(19-17-27)26-13-8-24(9-14-26)10-15-29-20-21-30(32(34)35)22-31(29)33(36)37/h8-9,13-14,20-23,25,27-28H,2-7,11-12,16-19H2,1H3. The lowest BCUT2D eigenvalue weighted by molar-refractivity contribution is -0.394. The SMILES string of the molecule is CCCCCC1CCC(C2CCC(c3ccc(C#Cc4ccc([N+](=O)[O-])cc4[N+](=O)[O-])cc3)CC2)CC1. The van der Waals surface area contributed by atoms with Crippen molar-refractivity contribution >= 4 is 11.4 Å². The summed E-state index contributed by atoms with van der Waals surface area (Å²) in [5, 5.41) is 22.3. The molecule has 2 aromatic rings. The van der Waals surface area contributed by atoms with Crippen LogP contribution in [0.1, 0.15) is 107 Å². The number of nitro benzene ring substituents is 2. The lowest BCUT2D eigenvalue weighted by atomic mass is 9.68. The second-order valence-electron chi connectivity index (χ2n) is 11.0. The number of non-ortho nitro benzene ring substituents is 1. The first-order valence-corrected chi connectivity index (χ1v) is 14.0. The molecule has 0 unspecified atom stereocenters. The van der Waals surface area contributed by atoms with Crippen molar-refractivity contribution in [2.24, 2.45) is 17.8 Å². The van der Waals surface area contributed by atoms with Gasteiger partial charge in [0.25, 0.3) is 11.4 Å². The first-order valence-electron chi connectivity index (χ1n) is 14.0. The Bertz CT molecular complexity index is 1130. The van der Waals surface area contributed by atoms with E-state index >= 15 is 0 Å². The van der Waals surface area contributed by atoms with Gasteiger partial charge in [-0.25, -0.2) is 0 Å². The summed E-state index contributed by atoms with van der Waals surface area (Å²) in [6, 6.07) is 11.8. The van der Waals surface area contributed by atoms with E-state index in [-0.39, 0.29) is 16.9 Å². The number of nitro groups is 2. The quantitative estimate of drug-likeness (QED) is 0.157. The average Bonchev–Trinajstić information content (AvgIpc) is 2.92. The summed E-state index contributed by atoms with van der Waals surface area (Å²) in [6.07, 6.45) is 16.5. The van der Waals surface area contributed by atoms with Gasteiger partial charge in [0.15, 0.2) is 0 Å². The van der Waals surface area contributed by atoms with E-state index in [2.05, 4.69) is 30.9 Å². The van der Waals surface area contributed by atoms with Crippen molar-refractivity contribution in [1.29, 1.82) is 0 Å². The normalized spacial score (nSPS) is 23.6. The van der Waals surface area contributed by atoms with E-state index in [1.54, 1.807) is 0 Å². The fourth-order valence-corrected chi connectivity index (χ4v) is 6.42. The van der Waals surface area contributed by atoms with E-state index in [1.807, 2.05) is 12.1 Å². The number of hydrogen-bond acceptors (Lipinski definition) is 4. The topological polar surface area (TPSA) is 86.3 Å². The molecule has 4 rings (SSSR count). The molecule has 0 N–H and O–H groups in total. The molecule has 2 saturated carbocycles. The van der Waals surface area contributed by atoms with Crippen molar-refractivity contribution in [3.63, 3.8) is 0 Å². The Labute approximate surface area is 220 Å². The lowest BCUT2D eigenvalue weighted by Gasteiger charge is -2.38. The molecule has 2 aliphatic carbocycles. The Balaban J connectivity index is 1.30. The van der Waals surface area contributed by atoms with Gasteiger partial charge < -0.3 is 0 Å². The van der Waals surface area contributed by atoms with Crippen LogP contribution in [0, 0.1) is 49.8 Å². The van der Waals surface area contributed by atoms with Crippen LogP contribution < -0.4 is 0 Å². The van der Waals surface area contributed by atoms with Gasteiger partial charge in [-0.2, -0.15) is 0 Å². The van der Waals surface area contributed by atoms with Crippen LogP contribution in [-0.2, 0) is 0 Å². The van der Waals surface area contributed by atoms with Crippen molar-refractivity contribution in [2.45, 2.75) is 89.9 Å². The highest BCUT2D eigenvalue weighted by Crippen LogP contribution is 2.44. The van der Waals surface area contributed by atoms with Crippen LogP contribution in [0.15, 0.2) is 42.5 Å². The molecule has 2 aromatic carbocycles. The molecule has 0 aliphatic heterocycles. The number of rotatable bonds is 8. The van der Waals surface area contributed by atoms with Crippen molar-refractivity contribution in [1.82, 2.24) is 0 Å². The van der Waals surface area contributed by atoms with Crippen LogP contribution in [0.2, 0.25) is 0 Å². The van der Waals surface area contributed by atoms with E-state index in [0.29, 0.717) is 5.92 Å². The van der Waals surface area contributed by atoms with Crippen LogP contribution in [0.25, 0.3) is 0 Å². The maximum absolute atomic E-state index is 11.3. The highest BCUT2D eigenvalue weighted by atomic mass is 16.6. The Kier molecular flexibility index (Phi) is 9.33. The maximum atomic E-state index is 11.3. The molecule has 0 amide bonds. The third-order valence-corrected chi connectivity index (χ3v) is 8.66. The van der Waals surface area contributed by atoms with Gasteiger partial charge in [-0.3, -0.25) is 20.2 Å². The Morgan fingerprint density at radius 3 is 2.03 bits per heavy atom. The molecule has 0 saturated heterocycles. The Morgan fingerprint density at radius 1 is 0.784 bits per heavy atom. The predicted molar refractivity (Wildman–Crippen MR) is 146 cm³/mol. The summed E-state index contributed by atoms with van der Waals surface area (Å²) in [4.78, 5) is 21.0. The van der Waals surface area contributed by atoms with Gasteiger partial charge in [0.05, 0.1) is 15.9 Å². The molecule has 2 aliphatic rings. The van der Waals surface area contributed by atoms with Gasteiger partial charge in [0.1, 0.15) is 5.56 Å². The molecule has 0 radical (unpaired) electrons. The highest BCUT2D eigenvalue weighted by Gasteiger charge is 2.31. The summed E-state index contributed by atoms with van der Waals surface area (Å²) in [7, 11) is 0. The first kappa shape index (κ1) is 26.9. The summed E-state index contributed by atoms with van der Waals surface area (Å²) < 4.78 is 0. The van der Waals surface area contributed by atoms with Crippen molar-refractivity contribution in [3.8, 4) is 11.8 Å². The molecule has 0 aromatic heterocycles. The van der Waals surface area contributed by atoms with Crippen molar-refractivity contribution < 1.29 is 9.85 Å². The maximum Gasteiger partial charge on any atom is 0.291 e. The van der Waals surface area contributed by atoms with Crippen LogP contribution in [0.4, 0.5) is 11.4 Å². The van der Waals surface area contributed by atoms with Gasteiger partial charge in [-0.15, -0.1) is 0 Å². The molecular formula is C31H38N2O4. The van der Waals surface area contributed by atoms with E-state index in [4.69, 9.17) is 0 Å². The predicted octanol–water partition coefficient (Wildman–Crippen LogP) is 8.56. The van der Waals surface area contributed by atoms with Crippen LogP contribution in [0.5, 0.6) is 0 Å². The minimum absolute atomic E-state index is 0.174. The van der Waals surface area contributed by atoms with E-state index in [1.165, 1.54) is 94.7 Å². The van der Waals surface area contributed by atoms with E-state index in [9.17, 15) is 20.2 Å². The molecule has 6 heteroatoms. The van der Waals surface area contributed by atoms with Crippen LogP contribution in [-0.4, -0.2) is 9.85 Å². The minimum Gasteiger partial charge on any atom is -0.258 e. The molecule has 0 atom stereocenters. The van der Waals surface area contributed by atoms with E-state index in [0.717, 1.165) is 29.4 Å². The highest BCUT2D eigenvalue weighted by molar-refractivity contribution is 5.57. The molecule has 6 nitrogen and oxygen atoms in total. The summed E-state index contributed by atoms with van der Waals surface area (Å²) in [5.74, 6) is 9.21. The fourth-order valence-electron chi connectivity index (χ4n) is 6.42. The molecule has 37 heavy (non-hydrogen) atoms. The number of hydrogen-bond donors (Lipinski definition) is 0. The van der Waals surface area contributed by atoms with Crippen LogP contribution >= 0.6 is 0 Å². The third kappa shape index (κ3) is 7.19. The second kappa shape index (κ2) is 12.9. The first-order chi connectivity index (χ1) is 17.9. The average molecular weight is 503 g/mol. The Morgan fingerprint density at radius 2 is 1.43 bits per heavy atom. The molecule has 196 valence electrons. The molecule has 2 fully saturated rings. The van der Waals surface area contributed by atoms with E-state index < -0.39 is 9.85 Å². The molecule has 0 spiro atoms. The van der Waals surface area contributed by atoms with Crippen molar-refractivity contribution in [2.75, 3.05) is 0 Å². The zero-order chi connectivity index (χ0) is 26.2.